The predicted molar refractivity (Wildman–Crippen MR) is 83.9 cm³/mol. The lowest BCUT2D eigenvalue weighted by Gasteiger charge is -1.93. The van der Waals surface area contributed by atoms with Crippen LogP contribution in [0.4, 0.5) is 0 Å². The molecule has 0 saturated carbocycles. The summed E-state index contributed by atoms with van der Waals surface area (Å²) in [6, 6.07) is 18.2. The number of carbonyl (C=O) groups is 2. The summed E-state index contributed by atoms with van der Waals surface area (Å²) < 4.78 is 0. The molecule has 5 nitrogen and oxygen atoms in total. The zero-order chi connectivity index (χ0) is 15.4. The van der Waals surface area contributed by atoms with Crippen LogP contribution in [0, 0.1) is 0 Å². The van der Waals surface area contributed by atoms with Crippen LogP contribution >= 0.6 is 0 Å². The maximum absolute atomic E-state index is 10.1. The number of aromatic amines is 1. The largest absolute Gasteiger partial charge is 0.338 e. The summed E-state index contributed by atoms with van der Waals surface area (Å²) in [5, 5.41) is 2.14. The Bertz CT molecular complexity index is 762. The number of hydrogen-bond acceptors (Lipinski definition) is 3. The molecule has 0 spiro atoms. The van der Waals surface area contributed by atoms with Gasteiger partial charge in [0.15, 0.2) is 0 Å². The van der Waals surface area contributed by atoms with E-state index in [9.17, 15) is 9.59 Å². The Kier molecular flexibility index (Phi) is 3.96. The Morgan fingerprint density at radius 1 is 0.818 bits per heavy atom. The first-order valence-corrected chi connectivity index (χ1v) is 7.05. The number of carbonyl (C=O) groups excluding carboxylic acids is 2. The SMILES string of the molecule is O=C1CCC(=O)N1.c1ccc(-c2nc3ccccc3[nH]2)cc1. The summed E-state index contributed by atoms with van der Waals surface area (Å²) in [6.07, 6.45) is 0.748. The number of H-pyrrole nitrogens is 1. The van der Waals surface area contributed by atoms with Crippen molar-refractivity contribution in [2.24, 2.45) is 0 Å². The van der Waals surface area contributed by atoms with Crippen LogP contribution in [0.5, 0.6) is 0 Å². The van der Waals surface area contributed by atoms with Gasteiger partial charge in [-0.1, -0.05) is 42.5 Å². The van der Waals surface area contributed by atoms with E-state index in [1.807, 2.05) is 42.5 Å². The Labute approximate surface area is 127 Å². The summed E-state index contributed by atoms with van der Waals surface area (Å²) in [6.45, 7) is 0. The van der Waals surface area contributed by atoms with E-state index in [1.165, 1.54) is 0 Å². The molecule has 22 heavy (non-hydrogen) atoms. The van der Waals surface area contributed by atoms with Crippen LogP contribution in [0.1, 0.15) is 12.8 Å². The average Bonchev–Trinajstić information content (AvgIpc) is 3.14. The molecular weight excluding hydrogens is 278 g/mol. The summed E-state index contributed by atoms with van der Waals surface area (Å²) in [4.78, 5) is 28.1. The van der Waals surface area contributed by atoms with E-state index in [2.05, 4.69) is 27.4 Å². The number of nitrogens with zero attached hydrogens (tertiary/aromatic N) is 1. The first-order chi connectivity index (χ1) is 10.7. The second-order valence-electron chi connectivity index (χ2n) is 4.94. The molecule has 1 aliphatic rings. The van der Waals surface area contributed by atoms with Gasteiger partial charge in [-0.3, -0.25) is 14.9 Å². The quantitative estimate of drug-likeness (QED) is 0.677. The maximum Gasteiger partial charge on any atom is 0.227 e. The fourth-order valence-corrected chi connectivity index (χ4v) is 2.19. The van der Waals surface area contributed by atoms with Gasteiger partial charge in [0, 0.05) is 18.4 Å². The van der Waals surface area contributed by atoms with E-state index >= 15 is 0 Å². The highest BCUT2D eigenvalue weighted by atomic mass is 16.2. The molecule has 0 aliphatic carbocycles. The van der Waals surface area contributed by atoms with Gasteiger partial charge in [0.05, 0.1) is 11.0 Å². The zero-order valence-electron chi connectivity index (χ0n) is 11.9. The molecule has 2 amide bonds. The normalized spacial score (nSPS) is 13.6. The number of imidazole rings is 1. The smallest absolute Gasteiger partial charge is 0.227 e. The van der Waals surface area contributed by atoms with E-state index < -0.39 is 0 Å². The maximum atomic E-state index is 10.1. The van der Waals surface area contributed by atoms with Crippen molar-refractivity contribution in [1.29, 1.82) is 0 Å². The van der Waals surface area contributed by atoms with E-state index in [-0.39, 0.29) is 11.8 Å². The summed E-state index contributed by atoms with van der Waals surface area (Å²) >= 11 is 0. The van der Waals surface area contributed by atoms with Crippen molar-refractivity contribution in [3.63, 3.8) is 0 Å². The monoisotopic (exact) mass is 293 g/mol. The Hall–Kier alpha value is -2.95. The molecule has 4 rings (SSSR count). The van der Waals surface area contributed by atoms with E-state index in [1.54, 1.807) is 0 Å². The van der Waals surface area contributed by atoms with E-state index in [0.29, 0.717) is 12.8 Å². The first-order valence-electron chi connectivity index (χ1n) is 7.05. The molecule has 2 aromatic carbocycles. The van der Waals surface area contributed by atoms with Gasteiger partial charge in [0.25, 0.3) is 0 Å². The summed E-state index contributed by atoms with van der Waals surface area (Å²) in [5.41, 5.74) is 3.21. The third-order valence-electron chi connectivity index (χ3n) is 3.29. The average molecular weight is 293 g/mol. The van der Waals surface area contributed by atoms with Gasteiger partial charge in [-0.2, -0.15) is 0 Å². The van der Waals surface area contributed by atoms with Gasteiger partial charge in [-0.15, -0.1) is 0 Å². The van der Waals surface area contributed by atoms with Crippen molar-refractivity contribution in [3.05, 3.63) is 54.6 Å². The second kappa shape index (κ2) is 6.22. The second-order valence-corrected chi connectivity index (χ2v) is 4.94. The van der Waals surface area contributed by atoms with Gasteiger partial charge >= 0.3 is 0 Å². The fraction of sp³-hybridized carbons (Fsp3) is 0.118. The molecule has 0 radical (unpaired) electrons. The minimum absolute atomic E-state index is 0.148. The molecule has 1 fully saturated rings. The van der Waals surface area contributed by atoms with Crippen LogP contribution in [-0.2, 0) is 9.59 Å². The first kappa shape index (κ1) is 14.0. The molecule has 3 aromatic rings. The van der Waals surface area contributed by atoms with Crippen LogP contribution in [-0.4, -0.2) is 21.8 Å². The number of nitrogens with one attached hydrogen (secondary N) is 2. The van der Waals surface area contributed by atoms with Crippen LogP contribution in [0.2, 0.25) is 0 Å². The zero-order valence-corrected chi connectivity index (χ0v) is 11.9. The molecule has 1 aliphatic heterocycles. The highest BCUT2D eigenvalue weighted by molar-refractivity contribution is 6.01. The van der Waals surface area contributed by atoms with Gasteiger partial charge < -0.3 is 4.98 Å². The third-order valence-corrected chi connectivity index (χ3v) is 3.29. The van der Waals surface area contributed by atoms with Crippen LogP contribution in [0.15, 0.2) is 54.6 Å². The highest BCUT2D eigenvalue weighted by Gasteiger charge is 2.15. The number of rotatable bonds is 1. The van der Waals surface area contributed by atoms with E-state index in [4.69, 9.17) is 0 Å². The third kappa shape index (κ3) is 3.20. The number of hydrogen-bond donors (Lipinski definition) is 2. The molecule has 0 unspecified atom stereocenters. The van der Waals surface area contributed by atoms with Crippen molar-refractivity contribution in [2.45, 2.75) is 12.8 Å². The lowest BCUT2D eigenvalue weighted by molar-refractivity contribution is -0.124. The van der Waals surface area contributed by atoms with Crippen molar-refractivity contribution in [2.75, 3.05) is 0 Å². The van der Waals surface area contributed by atoms with Gasteiger partial charge in [0.2, 0.25) is 11.8 Å². The Morgan fingerprint density at radius 2 is 1.45 bits per heavy atom. The summed E-state index contributed by atoms with van der Waals surface area (Å²) in [7, 11) is 0. The van der Waals surface area contributed by atoms with Crippen LogP contribution in [0.25, 0.3) is 22.4 Å². The number of benzene rings is 2. The molecule has 5 heteroatoms. The number of fused-ring (bicyclic) bond motifs is 1. The number of amides is 2. The van der Waals surface area contributed by atoms with Crippen molar-refractivity contribution in [3.8, 4) is 11.4 Å². The highest BCUT2D eigenvalue weighted by Crippen LogP contribution is 2.19. The topological polar surface area (TPSA) is 74.8 Å². The number of imide groups is 1. The molecule has 2 heterocycles. The number of aromatic nitrogens is 2. The van der Waals surface area contributed by atoms with Gasteiger partial charge in [-0.25, -0.2) is 4.98 Å². The molecule has 2 N–H and O–H groups in total. The fourth-order valence-electron chi connectivity index (χ4n) is 2.19. The van der Waals surface area contributed by atoms with E-state index in [0.717, 1.165) is 22.4 Å². The van der Waals surface area contributed by atoms with Crippen molar-refractivity contribution in [1.82, 2.24) is 15.3 Å². The van der Waals surface area contributed by atoms with Crippen LogP contribution in [0.3, 0.4) is 0 Å². The molecular formula is C17H15N3O2. The molecule has 1 saturated heterocycles. The van der Waals surface area contributed by atoms with Gasteiger partial charge in [0.1, 0.15) is 5.82 Å². The van der Waals surface area contributed by atoms with Gasteiger partial charge in [-0.05, 0) is 12.1 Å². The van der Waals surface area contributed by atoms with Crippen molar-refractivity contribution < 1.29 is 9.59 Å². The van der Waals surface area contributed by atoms with Crippen LogP contribution < -0.4 is 5.32 Å². The lowest BCUT2D eigenvalue weighted by atomic mass is 10.2. The Morgan fingerprint density at radius 3 is 2.05 bits per heavy atom. The minimum Gasteiger partial charge on any atom is -0.338 e. The van der Waals surface area contributed by atoms with Crippen molar-refractivity contribution >= 4 is 22.8 Å². The molecule has 1 aromatic heterocycles. The minimum atomic E-state index is -0.148. The Balaban J connectivity index is 0.000000174. The predicted octanol–water partition coefficient (Wildman–Crippen LogP) is 2.65. The molecule has 0 atom stereocenters. The lowest BCUT2D eigenvalue weighted by Crippen LogP contribution is -2.18. The standard InChI is InChI=1S/C13H10N2.C4H5NO2/c1-2-6-10(7-3-1)13-14-11-8-4-5-9-12(11)15-13;6-3-1-2-4(7)5-3/h1-9H,(H,14,15);1-2H2,(H,5,6,7). The molecule has 0 bridgehead atoms. The summed E-state index contributed by atoms with van der Waals surface area (Å²) in [5.74, 6) is 0.631. The number of para-hydroxylation sites is 2. The molecule has 110 valence electrons.